The Labute approximate surface area is 113 Å². The van der Waals surface area contributed by atoms with Crippen molar-refractivity contribution in [1.29, 1.82) is 0 Å². The highest BCUT2D eigenvalue weighted by Gasteiger charge is 2.25. The number of benzene rings is 1. The zero-order chi connectivity index (χ0) is 14.7. The summed E-state index contributed by atoms with van der Waals surface area (Å²) >= 11 is 0. The smallest absolute Gasteiger partial charge is 0.241 e. The first-order chi connectivity index (χ1) is 8.72. The molecule has 1 rings (SSSR count). The summed E-state index contributed by atoms with van der Waals surface area (Å²) in [5.41, 5.74) is -0.587. The van der Waals surface area contributed by atoms with Crippen LogP contribution in [0.2, 0.25) is 0 Å². The van der Waals surface area contributed by atoms with Gasteiger partial charge in [0.1, 0.15) is 0 Å². The molecule has 1 aromatic carbocycles. The van der Waals surface area contributed by atoms with Crippen LogP contribution in [0.1, 0.15) is 37.6 Å². The number of nitrogens with one attached hydrogen (secondary N) is 1. The average Bonchev–Trinajstić information content (AvgIpc) is 2.37. The van der Waals surface area contributed by atoms with E-state index in [1.54, 1.807) is 26.8 Å². The number of carbonyl (C=O) groups excluding carboxylic acids is 1. The standard InChI is InChI=1S/C13H19NO4S/c1-4-12(16)10-6-5-7-11(8-10)19(17,18)14-13(2,3)9-15/h5-8,14-15H,4,9H2,1-3H3. The zero-order valence-corrected chi connectivity index (χ0v) is 12.1. The average molecular weight is 285 g/mol. The van der Waals surface area contributed by atoms with Crippen LogP contribution in [0.15, 0.2) is 29.2 Å². The summed E-state index contributed by atoms with van der Waals surface area (Å²) in [4.78, 5) is 11.6. The predicted molar refractivity (Wildman–Crippen MR) is 72.5 cm³/mol. The van der Waals surface area contributed by atoms with Crippen LogP contribution in [-0.2, 0) is 10.0 Å². The molecule has 0 aliphatic heterocycles. The van der Waals surface area contributed by atoms with E-state index in [2.05, 4.69) is 4.72 Å². The Kier molecular flexibility index (Phi) is 4.84. The largest absolute Gasteiger partial charge is 0.394 e. The van der Waals surface area contributed by atoms with E-state index in [0.29, 0.717) is 12.0 Å². The van der Waals surface area contributed by atoms with Gasteiger partial charge >= 0.3 is 0 Å². The predicted octanol–water partition coefficient (Wildman–Crippen LogP) is 1.33. The molecule has 0 radical (unpaired) electrons. The molecule has 0 aliphatic rings. The maximum atomic E-state index is 12.1. The Bertz CT molecular complexity index is 564. The van der Waals surface area contributed by atoms with Gasteiger partial charge in [-0.3, -0.25) is 4.79 Å². The van der Waals surface area contributed by atoms with Crippen LogP contribution in [0.25, 0.3) is 0 Å². The van der Waals surface area contributed by atoms with Crippen molar-refractivity contribution >= 4 is 15.8 Å². The van der Waals surface area contributed by atoms with Crippen molar-refractivity contribution in [3.8, 4) is 0 Å². The summed E-state index contributed by atoms with van der Waals surface area (Å²) in [6, 6.07) is 5.88. The Morgan fingerprint density at radius 2 is 2.00 bits per heavy atom. The number of rotatable bonds is 6. The van der Waals surface area contributed by atoms with Crippen LogP contribution in [0.4, 0.5) is 0 Å². The Balaban J connectivity index is 3.12. The van der Waals surface area contributed by atoms with Crippen LogP contribution in [0.3, 0.4) is 0 Å². The Morgan fingerprint density at radius 3 is 2.53 bits per heavy atom. The maximum absolute atomic E-state index is 12.1. The number of hydrogen-bond acceptors (Lipinski definition) is 4. The molecule has 19 heavy (non-hydrogen) atoms. The van der Waals surface area contributed by atoms with Crippen molar-refractivity contribution < 1.29 is 18.3 Å². The molecule has 0 aliphatic carbocycles. The third kappa shape index (κ3) is 4.12. The van der Waals surface area contributed by atoms with E-state index in [0.717, 1.165) is 0 Å². The van der Waals surface area contributed by atoms with E-state index in [9.17, 15) is 13.2 Å². The van der Waals surface area contributed by atoms with E-state index in [4.69, 9.17) is 5.11 Å². The van der Waals surface area contributed by atoms with Gasteiger partial charge in [-0.1, -0.05) is 19.1 Å². The SMILES string of the molecule is CCC(=O)c1cccc(S(=O)(=O)NC(C)(C)CO)c1. The lowest BCUT2D eigenvalue weighted by atomic mass is 10.1. The molecule has 0 bridgehead atoms. The van der Waals surface area contributed by atoms with Gasteiger partial charge in [0.25, 0.3) is 0 Å². The summed E-state index contributed by atoms with van der Waals surface area (Å²) in [6.45, 7) is 4.55. The van der Waals surface area contributed by atoms with Crippen LogP contribution >= 0.6 is 0 Å². The number of aliphatic hydroxyl groups is 1. The third-order valence-electron chi connectivity index (χ3n) is 2.59. The van der Waals surface area contributed by atoms with Gasteiger partial charge in [-0.2, -0.15) is 0 Å². The minimum atomic E-state index is -3.76. The lowest BCUT2D eigenvalue weighted by Gasteiger charge is -2.23. The third-order valence-corrected chi connectivity index (χ3v) is 4.29. The molecule has 0 spiro atoms. The molecule has 0 aromatic heterocycles. The van der Waals surface area contributed by atoms with E-state index in [-0.39, 0.29) is 17.3 Å². The van der Waals surface area contributed by atoms with Crippen LogP contribution in [0.5, 0.6) is 0 Å². The van der Waals surface area contributed by atoms with Crippen LogP contribution < -0.4 is 4.72 Å². The normalized spacial score (nSPS) is 12.4. The minimum Gasteiger partial charge on any atom is -0.394 e. The lowest BCUT2D eigenvalue weighted by Crippen LogP contribution is -2.46. The summed E-state index contributed by atoms with van der Waals surface area (Å²) in [7, 11) is -3.76. The van der Waals surface area contributed by atoms with Crippen molar-refractivity contribution in [3.63, 3.8) is 0 Å². The second-order valence-corrected chi connectivity index (χ2v) is 6.63. The second-order valence-electron chi connectivity index (χ2n) is 4.95. The van der Waals surface area contributed by atoms with Crippen molar-refractivity contribution in [2.45, 2.75) is 37.6 Å². The highest BCUT2D eigenvalue weighted by molar-refractivity contribution is 7.89. The van der Waals surface area contributed by atoms with E-state index in [1.807, 2.05) is 0 Å². The van der Waals surface area contributed by atoms with Gasteiger partial charge in [-0.05, 0) is 26.0 Å². The molecular weight excluding hydrogens is 266 g/mol. The van der Waals surface area contributed by atoms with E-state index < -0.39 is 15.6 Å². The van der Waals surface area contributed by atoms with Gasteiger partial charge in [0, 0.05) is 12.0 Å². The molecule has 0 amide bonds. The first-order valence-electron chi connectivity index (χ1n) is 6.00. The molecular formula is C13H19NO4S. The van der Waals surface area contributed by atoms with E-state index in [1.165, 1.54) is 18.2 Å². The Morgan fingerprint density at radius 1 is 1.37 bits per heavy atom. The fourth-order valence-corrected chi connectivity index (χ4v) is 2.95. The molecule has 0 unspecified atom stereocenters. The number of sulfonamides is 1. The monoisotopic (exact) mass is 285 g/mol. The first-order valence-corrected chi connectivity index (χ1v) is 7.48. The molecule has 6 heteroatoms. The lowest BCUT2D eigenvalue weighted by molar-refractivity contribution is 0.0988. The molecule has 0 fully saturated rings. The summed E-state index contributed by atoms with van der Waals surface area (Å²) in [5, 5.41) is 9.10. The zero-order valence-electron chi connectivity index (χ0n) is 11.3. The number of carbonyl (C=O) groups is 1. The van der Waals surface area contributed by atoms with Crippen molar-refractivity contribution in [2.24, 2.45) is 0 Å². The first kappa shape index (κ1) is 15.8. The summed E-state index contributed by atoms with van der Waals surface area (Å²) < 4.78 is 26.7. The number of Topliss-reactive ketones (excluding diaryl/α,β-unsaturated/α-hetero) is 1. The number of hydrogen-bond donors (Lipinski definition) is 2. The molecule has 0 atom stereocenters. The quantitative estimate of drug-likeness (QED) is 0.772. The topological polar surface area (TPSA) is 83.5 Å². The minimum absolute atomic E-state index is 0.0216. The number of ketones is 1. The second kappa shape index (κ2) is 5.81. The van der Waals surface area contributed by atoms with Gasteiger partial charge in [0.2, 0.25) is 10.0 Å². The fraction of sp³-hybridized carbons (Fsp3) is 0.462. The van der Waals surface area contributed by atoms with E-state index >= 15 is 0 Å². The summed E-state index contributed by atoms with van der Waals surface area (Å²) in [6.07, 6.45) is 0.319. The Hall–Kier alpha value is -1.24. The van der Waals surface area contributed by atoms with Crippen LogP contribution in [0, 0.1) is 0 Å². The van der Waals surface area contributed by atoms with Crippen molar-refractivity contribution in [2.75, 3.05) is 6.61 Å². The fourth-order valence-electron chi connectivity index (χ4n) is 1.50. The molecule has 0 saturated heterocycles. The molecule has 5 nitrogen and oxygen atoms in total. The van der Waals surface area contributed by atoms with Crippen molar-refractivity contribution in [3.05, 3.63) is 29.8 Å². The van der Waals surface area contributed by atoms with Gasteiger partial charge in [-0.15, -0.1) is 0 Å². The number of aliphatic hydroxyl groups excluding tert-OH is 1. The molecule has 2 N–H and O–H groups in total. The van der Waals surface area contributed by atoms with Gasteiger partial charge in [-0.25, -0.2) is 13.1 Å². The van der Waals surface area contributed by atoms with Gasteiger partial charge in [0.05, 0.1) is 17.0 Å². The summed E-state index contributed by atoms with van der Waals surface area (Å²) in [5.74, 6) is -0.113. The van der Waals surface area contributed by atoms with Gasteiger partial charge in [0.15, 0.2) is 5.78 Å². The molecule has 106 valence electrons. The highest BCUT2D eigenvalue weighted by Crippen LogP contribution is 2.15. The molecule has 0 heterocycles. The highest BCUT2D eigenvalue weighted by atomic mass is 32.2. The van der Waals surface area contributed by atoms with Gasteiger partial charge < -0.3 is 5.11 Å². The molecule has 0 saturated carbocycles. The van der Waals surface area contributed by atoms with Crippen LogP contribution in [-0.4, -0.2) is 31.5 Å². The maximum Gasteiger partial charge on any atom is 0.241 e. The van der Waals surface area contributed by atoms with Crippen molar-refractivity contribution in [1.82, 2.24) is 4.72 Å². The molecule has 1 aromatic rings.